The molecule has 5 nitrogen and oxygen atoms in total. The average molecular weight is 269 g/mol. The van der Waals surface area contributed by atoms with Crippen molar-refractivity contribution in [1.82, 2.24) is 4.98 Å². The molecule has 0 saturated heterocycles. The van der Waals surface area contributed by atoms with Crippen LogP contribution in [0.15, 0.2) is 52.9 Å². The molecule has 100 valence electrons. The van der Waals surface area contributed by atoms with E-state index in [1.54, 1.807) is 30.3 Å². The summed E-state index contributed by atoms with van der Waals surface area (Å²) in [7, 11) is 1.32. The van der Waals surface area contributed by atoms with E-state index < -0.39 is 5.97 Å². The van der Waals surface area contributed by atoms with Crippen LogP contribution in [0.4, 0.5) is 0 Å². The molecule has 1 heterocycles. The number of para-hydroxylation sites is 3. The van der Waals surface area contributed by atoms with Crippen molar-refractivity contribution in [2.45, 2.75) is 0 Å². The molecule has 0 spiro atoms. The molecule has 0 radical (unpaired) electrons. The van der Waals surface area contributed by atoms with Crippen molar-refractivity contribution in [2.24, 2.45) is 0 Å². The fourth-order valence-electron chi connectivity index (χ4n) is 1.82. The summed E-state index contributed by atoms with van der Waals surface area (Å²) in [5, 5.41) is 0. The number of benzene rings is 2. The molecule has 0 N–H and O–H groups in total. The highest BCUT2D eigenvalue weighted by atomic mass is 16.6. The van der Waals surface area contributed by atoms with Gasteiger partial charge in [-0.05, 0) is 24.3 Å². The molecule has 0 saturated carbocycles. The number of hydrogen-bond donors (Lipinski definition) is 0. The molecule has 0 unspecified atom stereocenters. The van der Waals surface area contributed by atoms with Gasteiger partial charge in [0.2, 0.25) is 0 Å². The molecular formula is C15H11NO4. The Balaban J connectivity index is 1.96. The van der Waals surface area contributed by atoms with Crippen molar-refractivity contribution in [3.8, 4) is 11.8 Å². The highest BCUT2D eigenvalue weighted by Gasteiger charge is 2.15. The molecule has 0 aliphatic carbocycles. The molecule has 0 bridgehead atoms. The summed E-state index contributed by atoms with van der Waals surface area (Å²) in [5.74, 6) is -0.136. The third kappa shape index (κ3) is 2.21. The van der Waals surface area contributed by atoms with E-state index in [0.717, 1.165) is 0 Å². The van der Waals surface area contributed by atoms with Crippen LogP contribution in [0.2, 0.25) is 0 Å². The smallest absolute Gasteiger partial charge is 0.400 e. The number of oxazole rings is 1. The minimum atomic E-state index is -0.475. The number of methoxy groups -OCH3 is 1. The van der Waals surface area contributed by atoms with E-state index in [9.17, 15) is 4.79 Å². The van der Waals surface area contributed by atoms with Crippen LogP contribution in [0.25, 0.3) is 11.1 Å². The lowest BCUT2D eigenvalue weighted by molar-refractivity contribution is 0.0597. The van der Waals surface area contributed by atoms with E-state index in [1.165, 1.54) is 7.11 Å². The van der Waals surface area contributed by atoms with Crippen LogP contribution in [0.5, 0.6) is 11.8 Å². The van der Waals surface area contributed by atoms with Gasteiger partial charge in [-0.3, -0.25) is 0 Å². The van der Waals surface area contributed by atoms with Crippen LogP contribution < -0.4 is 4.74 Å². The molecule has 0 atom stereocenters. The van der Waals surface area contributed by atoms with E-state index in [-0.39, 0.29) is 6.08 Å². The summed E-state index contributed by atoms with van der Waals surface area (Å²) in [4.78, 5) is 15.8. The van der Waals surface area contributed by atoms with E-state index in [2.05, 4.69) is 4.98 Å². The fourth-order valence-corrected chi connectivity index (χ4v) is 1.82. The number of hydrogen-bond acceptors (Lipinski definition) is 5. The molecule has 20 heavy (non-hydrogen) atoms. The minimum absolute atomic E-state index is 0.0857. The quantitative estimate of drug-likeness (QED) is 0.682. The first kappa shape index (κ1) is 12.2. The van der Waals surface area contributed by atoms with Gasteiger partial charge in [-0.1, -0.05) is 24.3 Å². The normalized spacial score (nSPS) is 10.4. The highest BCUT2D eigenvalue weighted by Crippen LogP contribution is 2.27. The van der Waals surface area contributed by atoms with Crippen molar-refractivity contribution >= 4 is 17.1 Å². The first-order chi connectivity index (χ1) is 9.78. The molecule has 0 aliphatic heterocycles. The fraction of sp³-hybridized carbons (Fsp3) is 0.0667. The Hall–Kier alpha value is -2.82. The number of rotatable bonds is 3. The summed E-state index contributed by atoms with van der Waals surface area (Å²) >= 11 is 0. The monoisotopic (exact) mass is 269 g/mol. The predicted octanol–water partition coefficient (Wildman–Crippen LogP) is 3.41. The molecule has 0 amide bonds. The van der Waals surface area contributed by atoms with Crippen molar-refractivity contribution < 1.29 is 18.7 Å². The number of nitrogens with zero attached hydrogens (tertiary/aromatic N) is 1. The van der Waals surface area contributed by atoms with Gasteiger partial charge in [0.25, 0.3) is 0 Å². The molecule has 5 heteroatoms. The van der Waals surface area contributed by atoms with Crippen molar-refractivity contribution in [3.63, 3.8) is 0 Å². The van der Waals surface area contributed by atoms with E-state index in [0.29, 0.717) is 22.4 Å². The minimum Gasteiger partial charge on any atom is -0.465 e. The van der Waals surface area contributed by atoms with Gasteiger partial charge >= 0.3 is 12.0 Å². The van der Waals surface area contributed by atoms with E-state index in [4.69, 9.17) is 13.9 Å². The summed E-state index contributed by atoms with van der Waals surface area (Å²) in [5.41, 5.74) is 1.63. The van der Waals surface area contributed by atoms with Crippen molar-refractivity contribution in [2.75, 3.05) is 7.11 Å². The molecule has 0 fully saturated rings. The average Bonchev–Trinajstić information content (AvgIpc) is 2.89. The summed E-state index contributed by atoms with van der Waals surface area (Å²) in [6.45, 7) is 0. The lowest BCUT2D eigenvalue weighted by Crippen LogP contribution is -2.03. The number of carbonyl (C=O) groups excluding carboxylic acids is 1. The Morgan fingerprint density at radius 1 is 1.10 bits per heavy atom. The van der Waals surface area contributed by atoms with E-state index >= 15 is 0 Å². The zero-order valence-electron chi connectivity index (χ0n) is 10.7. The van der Waals surface area contributed by atoms with E-state index in [1.807, 2.05) is 18.2 Å². The Kier molecular flexibility index (Phi) is 3.09. The number of fused-ring (bicyclic) bond motifs is 1. The van der Waals surface area contributed by atoms with Gasteiger partial charge in [0.15, 0.2) is 5.58 Å². The maximum Gasteiger partial charge on any atom is 0.400 e. The van der Waals surface area contributed by atoms with Crippen molar-refractivity contribution in [3.05, 3.63) is 54.1 Å². The second kappa shape index (κ2) is 5.05. The second-order valence-corrected chi connectivity index (χ2v) is 4.04. The molecule has 3 rings (SSSR count). The van der Waals surface area contributed by atoms with Gasteiger partial charge in [0.1, 0.15) is 16.8 Å². The standard InChI is InChI=1S/C15H11NO4/c1-18-14(17)10-6-2-4-8-12(10)19-15-16-11-7-3-5-9-13(11)20-15/h2-9H,1H3. The summed E-state index contributed by atoms with van der Waals surface area (Å²) in [6.07, 6.45) is 0.0857. The molecule has 1 aromatic heterocycles. The molecule has 0 aliphatic rings. The maximum absolute atomic E-state index is 11.6. The zero-order chi connectivity index (χ0) is 13.9. The largest absolute Gasteiger partial charge is 0.465 e. The Morgan fingerprint density at radius 2 is 1.85 bits per heavy atom. The first-order valence-corrected chi connectivity index (χ1v) is 5.98. The van der Waals surface area contributed by atoms with Crippen molar-refractivity contribution in [1.29, 1.82) is 0 Å². The summed E-state index contributed by atoms with van der Waals surface area (Å²) in [6, 6.07) is 14.1. The lowest BCUT2D eigenvalue weighted by Gasteiger charge is -2.05. The van der Waals surface area contributed by atoms with Gasteiger partial charge in [-0.25, -0.2) is 4.79 Å². The van der Waals surface area contributed by atoms with Gasteiger partial charge in [-0.15, -0.1) is 0 Å². The van der Waals surface area contributed by atoms with Crippen LogP contribution in [-0.4, -0.2) is 18.1 Å². The third-order valence-electron chi connectivity index (χ3n) is 2.76. The third-order valence-corrected chi connectivity index (χ3v) is 2.76. The predicted molar refractivity (Wildman–Crippen MR) is 71.9 cm³/mol. The van der Waals surface area contributed by atoms with Gasteiger partial charge in [0, 0.05) is 0 Å². The molecule has 3 aromatic rings. The van der Waals surface area contributed by atoms with Crippen LogP contribution in [0.3, 0.4) is 0 Å². The first-order valence-electron chi connectivity index (χ1n) is 5.98. The van der Waals surface area contributed by atoms with Crippen LogP contribution in [-0.2, 0) is 4.74 Å². The van der Waals surface area contributed by atoms with Gasteiger partial charge < -0.3 is 13.9 Å². The molecular weight excluding hydrogens is 258 g/mol. The second-order valence-electron chi connectivity index (χ2n) is 4.04. The molecule has 2 aromatic carbocycles. The van der Waals surface area contributed by atoms with Gasteiger partial charge in [-0.2, -0.15) is 4.98 Å². The zero-order valence-corrected chi connectivity index (χ0v) is 10.7. The Bertz CT molecular complexity index is 730. The van der Waals surface area contributed by atoms with Gasteiger partial charge in [0.05, 0.1) is 7.11 Å². The van der Waals surface area contributed by atoms with Crippen LogP contribution in [0.1, 0.15) is 10.4 Å². The maximum atomic E-state index is 11.6. The Labute approximate surface area is 114 Å². The number of esters is 1. The van der Waals surface area contributed by atoms with Crippen LogP contribution in [0, 0.1) is 0 Å². The van der Waals surface area contributed by atoms with Crippen LogP contribution >= 0.6 is 0 Å². The SMILES string of the molecule is COC(=O)c1ccccc1Oc1nc2ccccc2o1. The number of carbonyl (C=O) groups is 1. The topological polar surface area (TPSA) is 61.6 Å². The Morgan fingerprint density at radius 3 is 2.65 bits per heavy atom. The number of ether oxygens (including phenoxy) is 2. The summed E-state index contributed by atoms with van der Waals surface area (Å²) < 4.78 is 15.7. The number of aromatic nitrogens is 1. The lowest BCUT2D eigenvalue weighted by atomic mass is 10.2. The highest BCUT2D eigenvalue weighted by molar-refractivity contribution is 5.92.